The highest BCUT2D eigenvalue weighted by atomic mass is 35.5. The third kappa shape index (κ3) is 1.55. The van der Waals surface area contributed by atoms with Crippen LogP contribution in [0.3, 0.4) is 0 Å². The minimum atomic E-state index is -0.638. The van der Waals surface area contributed by atoms with Crippen LogP contribution in [0.25, 0.3) is 0 Å². The number of nitrogens with zero attached hydrogens (tertiary/aromatic N) is 2. The number of anilines is 1. The molecule has 0 radical (unpaired) electrons. The van der Waals surface area contributed by atoms with Crippen LogP contribution >= 0.6 is 11.6 Å². The number of rotatable bonds is 1. The minimum Gasteiger partial charge on any atom is -0.453 e. The second-order valence-corrected chi connectivity index (χ2v) is 5.35. The standard InChI is InChI=1S/C13H15ClN2O3/c1-18-12(17)15-8-7-13(14)9-5-3-4-6-10(9)16(19-2)11(13)15/h3-6,11H,7-8H2,1-2H3/t11-,13-/m1/s1. The summed E-state index contributed by atoms with van der Waals surface area (Å²) in [6, 6.07) is 7.79. The largest absolute Gasteiger partial charge is 0.453 e. The summed E-state index contributed by atoms with van der Waals surface area (Å²) in [6.45, 7) is 0.551. The molecule has 1 amide bonds. The van der Waals surface area contributed by atoms with Gasteiger partial charge in [0.15, 0.2) is 6.17 Å². The molecule has 0 spiro atoms. The number of likely N-dealkylation sites (tertiary alicyclic amines) is 1. The molecule has 1 aromatic carbocycles. The summed E-state index contributed by atoms with van der Waals surface area (Å²) >= 11 is 6.80. The molecule has 102 valence electrons. The van der Waals surface area contributed by atoms with E-state index in [0.29, 0.717) is 13.0 Å². The monoisotopic (exact) mass is 282 g/mol. The van der Waals surface area contributed by atoms with Gasteiger partial charge >= 0.3 is 6.09 Å². The Kier molecular flexibility index (Phi) is 2.83. The lowest BCUT2D eigenvalue weighted by molar-refractivity contribution is 0.0666. The predicted molar refractivity (Wildman–Crippen MR) is 71.0 cm³/mol. The van der Waals surface area contributed by atoms with Gasteiger partial charge in [0.1, 0.15) is 4.87 Å². The Labute approximate surface area is 116 Å². The SMILES string of the molecule is COC(=O)N1CC[C@@]2(Cl)c3ccccc3N(OC)[C@@H]12. The number of ether oxygens (including phenoxy) is 1. The normalized spacial score (nSPS) is 28.3. The summed E-state index contributed by atoms with van der Waals surface area (Å²) in [4.78, 5) is 18.3. The first-order valence-electron chi connectivity index (χ1n) is 6.10. The number of hydroxylamine groups is 1. The van der Waals surface area contributed by atoms with E-state index in [9.17, 15) is 4.79 Å². The van der Waals surface area contributed by atoms with E-state index < -0.39 is 4.87 Å². The van der Waals surface area contributed by atoms with E-state index in [1.807, 2.05) is 24.3 Å². The molecule has 1 aromatic rings. The van der Waals surface area contributed by atoms with E-state index >= 15 is 0 Å². The first-order chi connectivity index (χ1) is 9.13. The maximum Gasteiger partial charge on any atom is 0.411 e. The van der Waals surface area contributed by atoms with Gasteiger partial charge in [-0.15, -0.1) is 11.6 Å². The van der Waals surface area contributed by atoms with E-state index in [-0.39, 0.29) is 12.3 Å². The number of benzene rings is 1. The molecule has 0 aromatic heterocycles. The van der Waals surface area contributed by atoms with Gasteiger partial charge in [-0.05, 0) is 12.5 Å². The zero-order valence-electron chi connectivity index (χ0n) is 10.8. The Bertz CT molecular complexity index is 524. The fraction of sp³-hybridized carbons (Fsp3) is 0.462. The molecule has 2 aliphatic rings. The van der Waals surface area contributed by atoms with Crippen molar-refractivity contribution in [3.05, 3.63) is 29.8 Å². The van der Waals surface area contributed by atoms with Gasteiger partial charge in [-0.3, -0.25) is 9.74 Å². The zero-order chi connectivity index (χ0) is 13.6. The molecule has 0 N–H and O–H groups in total. The van der Waals surface area contributed by atoms with Crippen molar-refractivity contribution in [2.45, 2.75) is 17.5 Å². The Morgan fingerprint density at radius 1 is 1.42 bits per heavy atom. The molecule has 2 aliphatic heterocycles. The number of hydrogen-bond donors (Lipinski definition) is 0. The molecule has 3 rings (SSSR count). The van der Waals surface area contributed by atoms with Crippen LogP contribution in [0.2, 0.25) is 0 Å². The Balaban J connectivity index is 2.09. The summed E-state index contributed by atoms with van der Waals surface area (Å²) in [7, 11) is 2.95. The molecular weight excluding hydrogens is 268 g/mol. The lowest BCUT2D eigenvalue weighted by atomic mass is 9.97. The van der Waals surface area contributed by atoms with Gasteiger partial charge in [0.25, 0.3) is 0 Å². The minimum absolute atomic E-state index is 0.371. The third-order valence-corrected chi connectivity index (χ3v) is 4.43. The van der Waals surface area contributed by atoms with Gasteiger partial charge in [-0.1, -0.05) is 18.2 Å². The van der Waals surface area contributed by atoms with Crippen molar-refractivity contribution >= 4 is 23.4 Å². The van der Waals surface area contributed by atoms with Crippen LogP contribution in [-0.4, -0.2) is 37.9 Å². The topological polar surface area (TPSA) is 42.0 Å². The van der Waals surface area contributed by atoms with Gasteiger partial charge in [-0.25, -0.2) is 9.86 Å². The van der Waals surface area contributed by atoms with Crippen LogP contribution in [0.4, 0.5) is 10.5 Å². The van der Waals surface area contributed by atoms with Crippen molar-refractivity contribution in [1.29, 1.82) is 0 Å². The molecule has 6 heteroatoms. The van der Waals surface area contributed by atoms with E-state index in [4.69, 9.17) is 21.2 Å². The van der Waals surface area contributed by atoms with Crippen molar-refractivity contribution in [1.82, 2.24) is 4.90 Å². The second-order valence-electron chi connectivity index (χ2n) is 4.68. The number of hydrogen-bond acceptors (Lipinski definition) is 4. The molecule has 2 heterocycles. The summed E-state index contributed by atoms with van der Waals surface area (Å²) in [5.74, 6) is 0. The van der Waals surface area contributed by atoms with Crippen LogP contribution in [-0.2, 0) is 14.4 Å². The number of methoxy groups -OCH3 is 1. The molecule has 0 aliphatic carbocycles. The number of carbonyl (C=O) groups excluding carboxylic acids is 1. The van der Waals surface area contributed by atoms with Crippen molar-refractivity contribution in [2.75, 3.05) is 25.8 Å². The quantitative estimate of drug-likeness (QED) is 0.741. The molecule has 0 unspecified atom stereocenters. The number of para-hydroxylation sites is 1. The molecule has 0 saturated carbocycles. The van der Waals surface area contributed by atoms with Gasteiger partial charge in [0.05, 0.1) is 19.9 Å². The van der Waals surface area contributed by atoms with E-state index in [1.54, 1.807) is 17.1 Å². The molecule has 1 saturated heterocycles. The Morgan fingerprint density at radius 3 is 2.84 bits per heavy atom. The Morgan fingerprint density at radius 2 is 2.16 bits per heavy atom. The maximum absolute atomic E-state index is 11.9. The molecule has 5 nitrogen and oxygen atoms in total. The fourth-order valence-electron chi connectivity index (χ4n) is 3.02. The van der Waals surface area contributed by atoms with Crippen molar-refractivity contribution in [2.24, 2.45) is 0 Å². The number of alkyl halides is 1. The summed E-state index contributed by atoms with van der Waals surface area (Å²) in [6.07, 6.45) is -0.0861. The van der Waals surface area contributed by atoms with E-state index in [2.05, 4.69) is 0 Å². The molecular formula is C13H15ClN2O3. The van der Waals surface area contributed by atoms with Crippen molar-refractivity contribution in [3.8, 4) is 0 Å². The lowest BCUT2D eigenvalue weighted by Crippen LogP contribution is -2.49. The van der Waals surface area contributed by atoms with E-state index in [0.717, 1.165) is 11.3 Å². The van der Waals surface area contributed by atoms with Crippen molar-refractivity contribution < 1.29 is 14.4 Å². The Hall–Kier alpha value is -1.46. The highest BCUT2D eigenvalue weighted by Crippen LogP contribution is 2.54. The number of halogens is 1. The number of amides is 1. The van der Waals surface area contributed by atoms with Crippen LogP contribution in [0, 0.1) is 0 Å². The highest BCUT2D eigenvalue weighted by Gasteiger charge is 2.58. The van der Waals surface area contributed by atoms with Gasteiger partial charge in [0.2, 0.25) is 0 Å². The van der Waals surface area contributed by atoms with Crippen LogP contribution < -0.4 is 5.06 Å². The van der Waals surface area contributed by atoms with E-state index in [1.165, 1.54) is 7.11 Å². The third-order valence-electron chi connectivity index (χ3n) is 3.84. The lowest BCUT2D eigenvalue weighted by Gasteiger charge is -2.32. The van der Waals surface area contributed by atoms with Gasteiger partial charge in [-0.2, -0.15) is 0 Å². The maximum atomic E-state index is 11.9. The van der Waals surface area contributed by atoms with Crippen LogP contribution in [0.5, 0.6) is 0 Å². The molecule has 0 bridgehead atoms. The number of carbonyl (C=O) groups is 1. The highest BCUT2D eigenvalue weighted by molar-refractivity contribution is 6.26. The zero-order valence-corrected chi connectivity index (χ0v) is 11.6. The smallest absolute Gasteiger partial charge is 0.411 e. The molecule has 19 heavy (non-hydrogen) atoms. The summed E-state index contributed by atoms with van der Waals surface area (Å²) < 4.78 is 4.83. The number of fused-ring (bicyclic) bond motifs is 3. The molecule has 2 atom stereocenters. The van der Waals surface area contributed by atoms with Crippen molar-refractivity contribution in [3.63, 3.8) is 0 Å². The molecule has 1 fully saturated rings. The predicted octanol–water partition coefficient (Wildman–Crippen LogP) is 2.30. The van der Waals surface area contributed by atoms with Crippen LogP contribution in [0.1, 0.15) is 12.0 Å². The van der Waals surface area contributed by atoms with Crippen LogP contribution in [0.15, 0.2) is 24.3 Å². The van der Waals surface area contributed by atoms with Gasteiger partial charge < -0.3 is 4.74 Å². The summed E-state index contributed by atoms with van der Waals surface area (Å²) in [5, 5.41) is 1.69. The summed E-state index contributed by atoms with van der Waals surface area (Å²) in [5.41, 5.74) is 1.90. The first-order valence-corrected chi connectivity index (χ1v) is 6.47. The average molecular weight is 283 g/mol. The fourth-order valence-corrected chi connectivity index (χ4v) is 3.47. The van der Waals surface area contributed by atoms with Gasteiger partial charge in [0, 0.05) is 12.1 Å². The second kappa shape index (κ2) is 4.28. The first kappa shape index (κ1) is 12.6. The average Bonchev–Trinajstić information content (AvgIpc) is 2.89.